The Labute approximate surface area is 179 Å². The number of nitrogens with zero attached hydrogens (tertiary/aromatic N) is 4. The molecule has 160 valence electrons. The third kappa shape index (κ3) is 5.16. The van der Waals surface area contributed by atoms with Crippen LogP contribution in [0.4, 0.5) is 4.39 Å². The van der Waals surface area contributed by atoms with Gasteiger partial charge < -0.3 is 15.4 Å². The molecule has 30 heavy (non-hydrogen) atoms. The fourth-order valence-electron chi connectivity index (χ4n) is 3.58. The van der Waals surface area contributed by atoms with E-state index in [1.165, 1.54) is 12.1 Å². The monoisotopic (exact) mass is 430 g/mol. The summed E-state index contributed by atoms with van der Waals surface area (Å²) in [5.41, 5.74) is 2.01. The topological polar surface area (TPSA) is 66.2 Å². The van der Waals surface area contributed by atoms with Gasteiger partial charge in [0.2, 0.25) is 0 Å². The number of aliphatic imine (C=N–C) groups is 1. The molecule has 2 aromatic heterocycles. The number of halogens is 1. The Morgan fingerprint density at radius 2 is 2.07 bits per heavy atom. The quantitative estimate of drug-likeness (QED) is 0.446. The summed E-state index contributed by atoms with van der Waals surface area (Å²) in [6.07, 6.45) is 4.01. The van der Waals surface area contributed by atoms with Crippen LogP contribution in [0.25, 0.3) is 4.96 Å². The lowest BCUT2D eigenvalue weighted by Gasteiger charge is -2.35. The van der Waals surface area contributed by atoms with Gasteiger partial charge >= 0.3 is 0 Å². The first-order chi connectivity index (χ1) is 14.7. The van der Waals surface area contributed by atoms with Gasteiger partial charge in [-0.3, -0.25) is 9.30 Å². The molecule has 1 aliphatic heterocycles. The maximum Gasteiger partial charge on any atom is 0.193 e. The van der Waals surface area contributed by atoms with Crippen molar-refractivity contribution in [1.29, 1.82) is 0 Å². The predicted molar refractivity (Wildman–Crippen MR) is 117 cm³/mol. The van der Waals surface area contributed by atoms with Crippen LogP contribution in [0, 0.1) is 5.82 Å². The van der Waals surface area contributed by atoms with Gasteiger partial charge in [0, 0.05) is 44.0 Å². The van der Waals surface area contributed by atoms with E-state index in [0.717, 1.165) is 41.8 Å². The van der Waals surface area contributed by atoms with Gasteiger partial charge in [-0.05, 0) is 24.6 Å². The van der Waals surface area contributed by atoms with Crippen molar-refractivity contribution in [3.05, 3.63) is 59.1 Å². The summed E-state index contributed by atoms with van der Waals surface area (Å²) in [7, 11) is 0. The second-order valence-corrected chi connectivity index (χ2v) is 7.99. The van der Waals surface area contributed by atoms with E-state index >= 15 is 0 Å². The maximum atomic E-state index is 13.4. The Balaban J connectivity index is 1.45. The van der Waals surface area contributed by atoms with Crippen LogP contribution in [-0.2, 0) is 11.3 Å². The van der Waals surface area contributed by atoms with Crippen LogP contribution in [-0.4, -0.2) is 59.6 Å². The summed E-state index contributed by atoms with van der Waals surface area (Å²) in [6.45, 7) is 7.10. The van der Waals surface area contributed by atoms with E-state index in [1.54, 1.807) is 11.3 Å². The molecule has 1 fully saturated rings. The summed E-state index contributed by atoms with van der Waals surface area (Å²) >= 11 is 1.61. The summed E-state index contributed by atoms with van der Waals surface area (Å²) in [5.74, 6) is 0.525. The van der Waals surface area contributed by atoms with E-state index in [4.69, 9.17) is 9.73 Å². The van der Waals surface area contributed by atoms with Crippen LogP contribution in [0.1, 0.15) is 24.2 Å². The van der Waals surface area contributed by atoms with E-state index in [9.17, 15) is 4.39 Å². The fourth-order valence-corrected chi connectivity index (χ4v) is 4.30. The molecule has 2 N–H and O–H groups in total. The lowest BCUT2D eigenvalue weighted by atomic mass is 10.0. The third-order valence-corrected chi connectivity index (χ3v) is 5.86. The van der Waals surface area contributed by atoms with Crippen LogP contribution in [0.5, 0.6) is 0 Å². The van der Waals surface area contributed by atoms with Gasteiger partial charge in [-0.1, -0.05) is 12.1 Å². The van der Waals surface area contributed by atoms with Crippen LogP contribution >= 0.6 is 11.3 Å². The molecule has 3 aromatic rings. The molecule has 7 nitrogen and oxygen atoms in total. The molecular weight excluding hydrogens is 403 g/mol. The molecule has 0 saturated carbocycles. The minimum atomic E-state index is -0.220. The first-order valence-corrected chi connectivity index (χ1v) is 11.1. The van der Waals surface area contributed by atoms with Gasteiger partial charge in [-0.25, -0.2) is 14.4 Å². The molecule has 1 unspecified atom stereocenters. The number of rotatable bonds is 7. The Hall–Kier alpha value is -2.49. The van der Waals surface area contributed by atoms with Gasteiger partial charge in [0.1, 0.15) is 5.82 Å². The third-order valence-electron chi connectivity index (χ3n) is 5.09. The van der Waals surface area contributed by atoms with Crippen LogP contribution in [0.2, 0.25) is 0 Å². The van der Waals surface area contributed by atoms with E-state index in [0.29, 0.717) is 26.3 Å². The highest BCUT2D eigenvalue weighted by molar-refractivity contribution is 7.15. The smallest absolute Gasteiger partial charge is 0.193 e. The number of imidazole rings is 1. The van der Waals surface area contributed by atoms with Crippen molar-refractivity contribution in [3.8, 4) is 0 Å². The van der Waals surface area contributed by atoms with Gasteiger partial charge in [0.25, 0.3) is 0 Å². The first-order valence-electron chi connectivity index (χ1n) is 10.2. The average molecular weight is 431 g/mol. The van der Waals surface area contributed by atoms with Crippen LogP contribution < -0.4 is 10.6 Å². The number of nitrogens with one attached hydrogen (secondary N) is 2. The second kappa shape index (κ2) is 10.0. The number of thiazole rings is 1. The predicted octanol–water partition coefficient (Wildman–Crippen LogP) is 2.66. The maximum absolute atomic E-state index is 13.4. The molecule has 0 amide bonds. The zero-order valence-corrected chi connectivity index (χ0v) is 17.9. The summed E-state index contributed by atoms with van der Waals surface area (Å²) < 4.78 is 21.0. The number of guanidine groups is 1. The molecule has 1 saturated heterocycles. The summed E-state index contributed by atoms with van der Waals surface area (Å²) in [4.78, 5) is 12.6. The van der Waals surface area contributed by atoms with Crippen LogP contribution in [0.3, 0.4) is 0 Å². The number of ether oxygens (including phenoxy) is 1. The Morgan fingerprint density at radius 1 is 1.27 bits per heavy atom. The Kier molecular flexibility index (Phi) is 6.93. The number of hydrogen-bond acceptors (Lipinski definition) is 5. The van der Waals surface area contributed by atoms with Gasteiger partial charge in [0.05, 0.1) is 31.5 Å². The molecule has 4 rings (SSSR count). The number of fused-ring (bicyclic) bond motifs is 1. The van der Waals surface area contributed by atoms with Crippen molar-refractivity contribution in [3.63, 3.8) is 0 Å². The summed E-state index contributed by atoms with van der Waals surface area (Å²) in [5, 5.41) is 8.78. The number of aromatic nitrogens is 2. The van der Waals surface area contributed by atoms with Crippen molar-refractivity contribution in [2.24, 2.45) is 4.99 Å². The molecule has 1 aliphatic rings. The molecule has 0 radical (unpaired) electrons. The highest BCUT2D eigenvalue weighted by Gasteiger charge is 2.23. The van der Waals surface area contributed by atoms with E-state index in [-0.39, 0.29) is 11.9 Å². The molecule has 0 aliphatic carbocycles. The largest absolute Gasteiger partial charge is 0.379 e. The minimum Gasteiger partial charge on any atom is -0.379 e. The van der Waals surface area contributed by atoms with Gasteiger partial charge in [-0.2, -0.15) is 0 Å². The number of hydrogen-bond donors (Lipinski definition) is 2. The van der Waals surface area contributed by atoms with Crippen molar-refractivity contribution in [2.45, 2.75) is 19.5 Å². The van der Waals surface area contributed by atoms with Crippen molar-refractivity contribution in [2.75, 3.05) is 39.4 Å². The molecule has 3 heterocycles. The second-order valence-electron chi connectivity index (χ2n) is 7.12. The van der Waals surface area contributed by atoms with Crippen molar-refractivity contribution >= 4 is 22.3 Å². The highest BCUT2D eigenvalue weighted by atomic mass is 32.1. The normalized spacial score (nSPS) is 16.7. The van der Waals surface area contributed by atoms with Crippen molar-refractivity contribution < 1.29 is 9.13 Å². The SMILES string of the molecule is CCNC(=NCc1cn2ccsc2n1)NCC(c1ccc(F)cc1)N1CCOCC1. The van der Waals surface area contributed by atoms with Crippen molar-refractivity contribution in [1.82, 2.24) is 24.9 Å². The molecule has 1 aromatic carbocycles. The number of benzene rings is 1. The molecular formula is C21H27FN6OS. The zero-order chi connectivity index (χ0) is 20.8. The number of morpholine rings is 1. The minimum absolute atomic E-state index is 0.108. The van der Waals surface area contributed by atoms with E-state index in [1.807, 2.05) is 41.2 Å². The van der Waals surface area contributed by atoms with E-state index < -0.39 is 0 Å². The van der Waals surface area contributed by atoms with Crippen LogP contribution in [0.15, 0.2) is 47.0 Å². The lowest BCUT2D eigenvalue weighted by molar-refractivity contribution is 0.0170. The standard InChI is InChI=1S/C21H27FN6OS/c1-2-23-20(24-13-18-15-28-9-12-30-21(28)26-18)25-14-19(27-7-10-29-11-8-27)16-3-5-17(22)6-4-16/h3-6,9,12,15,19H,2,7-8,10-11,13-14H2,1H3,(H2,23,24,25). The molecule has 1 atom stereocenters. The lowest BCUT2D eigenvalue weighted by Crippen LogP contribution is -2.46. The summed E-state index contributed by atoms with van der Waals surface area (Å²) in [6, 6.07) is 6.87. The first kappa shape index (κ1) is 20.8. The van der Waals surface area contributed by atoms with E-state index in [2.05, 4.69) is 20.5 Å². The Bertz CT molecular complexity index is 935. The van der Waals surface area contributed by atoms with Gasteiger partial charge in [-0.15, -0.1) is 11.3 Å². The fraction of sp³-hybridized carbons (Fsp3) is 0.429. The highest BCUT2D eigenvalue weighted by Crippen LogP contribution is 2.21. The Morgan fingerprint density at radius 3 is 2.80 bits per heavy atom. The molecule has 0 spiro atoms. The average Bonchev–Trinajstić information content (AvgIpc) is 3.36. The molecule has 0 bridgehead atoms. The molecule has 9 heteroatoms. The zero-order valence-electron chi connectivity index (χ0n) is 17.1. The van der Waals surface area contributed by atoms with Gasteiger partial charge in [0.15, 0.2) is 10.9 Å².